The average Bonchev–Trinajstić information content (AvgIpc) is 4.08. The minimum Gasteiger partial charge on any atom is -0.310 e. The Morgan fingerprint density at radius 3 is 1.45 bits per heavy atom. The molecule has 0 atom stereocenters. The largest absolute Gasteiger partial charge is 0.310 e. The summed E-state index contributed by atoms with van der Waals surface area (Å²) in [7, 11) is 0. The van der Waals surface area contributed by atoms with Crippen molar-refractivity contribution in [1.82, 2.24) is 4.57 Å². The number of hydrogen-bond donors (Lipinski definition) is 0. The van der Waals surface area contributed by atoms with Crippen LogP contribution in [0.3, 0.4) is 0 Å². The molecule has 0 fully saturated rings. The summed E-state index contributed by atoms with van der Waals surface area (Å²) in [5.74, 6) is 0. The first-order valence-corrected chi connectivity index (χ1v) is 25.4. The van der Waals surface area contributed by atoms with E-state index in [9.17, 15) is 0 Å². The Kier molecular flexibility index (Phi) is 8.41. The lowest BCUT2D eigenvalue weighted by Gasteiger charge is -2.33. The van der Waals surface area contributed by atoms with Gasteiger partial charge in [0.05, 0.1) is 22.1 Å². The molecule has 14 aromatic rings. The Morgan fingerprint density at radius 1 is 0.288 bits per heavy atom. The lowest BCUT2D eigenvalue weighted by atomic mass is 9.70. The molecular formula is C71H44N2. The van der Waals surface area contributed by atoms with E-state index in [-0.39, 0.29) is 0 Å². The van der Waals surface area contributed by atoms with Crippen LogP contribution >= 0.6 is 0 Å². The van der Waals surface area contributed by atoms with E-state index in [1.54, 1.807) is 0 Å². The molecule has 1 heterocycles. The molecule has 0 saturated heterocycles. The van der Waals surface area contributed by atoms with Crippen LogP contribution in [0.5, 0.6) is 0 Å². The number of anilines is 3. The SMILES string of the molecule is c1ccc(N(c2ccc3c4ccccc4c4ccccc4c3c2)c2cc3c(cc2-c2ccc4c(ccc5c6ccccc6n(-c6ccccc6)c45)c2)-c2ccccc2C32c3ccccc3-c3ccccc32)cc1. The molecule has 0 bridgehead atoms. The van der Waals surface area contributed by atoms with E-state index in [0.717, 1.165) is 28.3 Å². The maximum Gasteiger partial charge on any atom is 0.0726 e. The van der Waals surface area contributed by atoms with E-state index >= 15 is 0 Å². The minimum absolute atomic E-state index is 0.521. The van der Waals surface area contributed by atoms with Crippen LogP contribution in [-0.2, 0) is 5.41 Å². The van der Waals surface area contributed by atoms with Crippen LogP contribution in [0.4, 0.5) is 17.1 Å². The molecule has 2 aliphatic carbocycles. The summed E-state index contributed by atoms with van der Waals surface area (Å²) in [6.07, 6.45) is 0. The van der Waals surface area contributed by atoms with Crippen molar-refractivity contribution in [3.63, 3.8) is 0 Å². The van der Waals surface area contributed by atoms with Crippen molar-refractivity contribution < 1.29 is 0 Å². The van der Waals surface area contributed by atoms with Gasteiger partial charge in [0, 0.05) is 38.8 Å². The summed E-state index contributed by atoms with van der Waals surface area (Å²) in [4.78, 5) is 2.53. The molecule has 0 saturated carbocycles. The number of aromatic nitrogens is 1. The smallest absolute Gasteiger partial charge is 0.0726 e. The van der Waals surface area contributed by atoms with Gasteiger partial charge in [0.25, 0.3) is 0 Å². The molecule has 0 unspecified atom stereocenters. The van der Waals surface area contributed by atoms with Crippen molar-refractivity contribution in [1.29, 1.82) is 0 Å². The van der Waals surface area contributed by atoms with Gasteiger partial charge in [-0.2, -0.15) is 0 Å². The van der Waals surface area contributed by atoms with E-state index in [4.69, 9.17) is 0 Å². The Balaban J connectivity index is 1.02. The number of para-hydroxylation sites is 3. The van der Waals surface area contributed by atoms with Crippen LogP contribution in [0.15, 0.2) is 267 Å². The van der Waals surface area contributed by atoms with Gasteiger partial charge in [0.2, 0.25) is 0 Å². The molecule has 13 aromatic carbocycles. The summed E-state index contributed by atoms with van der Waals surface area (Å²) >= 11 is 0. The minimum atomic E-state index is -0.521. The van der Waals surface area contributed by atoms with Crippen molar-refractivity contribution in [2.75, 3.05) is 4.90 Å². The number of nitrogens with zero attached hydrogens (tertiary/aromatic N) is 2. The number of benzene rings is 13. The predicted octanol–water partition coefficient (Wildman–Crippen LogP) is 18.9. The van der Waals surface area contributed by atoms with Crippen LogP contribution < -0.4 is 4.90 Å². The van der Waals surface area contributed by atoms with E-state index in [1.165, 1.54) is 115 Å². The molecule has 0 aliphatic heterocycles. The fourth-order valence-corrected chi connectivity index (χ4v) is 13.4. The normalized spacial score (nSPS) is 13.0. The molecule has 16 rings (SSSR count). The summed E-state index contributed by atoms with van der Waals surface area (Å²) in [6.45, 7) is 0. The Morgan fingerprint density at radius 2 is 0.795 bits per heavy atom. The standard InChI is InChI=1S/C71H44N2/c1-3-19-47(20-4-1)72(49-37-40-55-53-25-8-7-23-51(53)52-24-9-10-26-54(52)62(55)42-49)69-44-67-63(58-29-13-17-33-66(58)71(67)64-31-15-11-27-56(64)57-28-12-16-32-65(57)71)43-61(69)46-35-38-50-45(41-46)36-39-60-59-30-14-18-34-68(59)73(70(50)60)48-21-5-2-6-22-48/h1-44H. The lowest BCUT2D eigenvalue weighted by molar-refractivity contribution is 0.794. The van der Waals surface area contributed by atoms with Crippen molar-refractivity contribution in [3.8, 4) is 39.1 Å². The van der Waals surface area contributed by atoms with Gasteiger partial charge in [-0.3, -0.25) is 0 Å². The van der Waals surface area contributed by atoms with Gasteiger partial charge < -0.3 is 9.47 Å². The molecule has 2 heteroatoms. The van der Waals surface area contributed by atoms with Gasteiger partial charge in [-0.25, -0.2) is 0 Å². The summed E-state index contributed by atoms with van der Waals surface area (Å²) in [5, 5.41) is 12.5. The topological polar surface area (TPSA) is 8.17 Å². The first-order chi connectivity index (χ1) is 36.2. The third-order valence-electron chi connectivity index (χ3n) is 16.3. The maximum absolute atomic E-state index is 2.57. The van der Waals surface area contributed by atoms with Crippen LogP contribution in [0.25, 0.3) is 104 Å². The van der Waals surface area contributed by atoms with E-state index < -0.39 is 5.41 Å². The summed E-state index contributed by atoms with van der Waals surface area (Å²) in [5.41, 5.74) is 19.2. The van der Waals surface area contributed by atoms with Crippen molar-refractivity contribution in [2.45, 2.75) is 5.41 Å². The molecule has 1 spiro atoms. The van der Waals surface area contributed by atoms with Gasteiger partial charge in [-0.05, 0) is 148 Å². The van der Waals surface area contributed by atoms with Gasteiger partial charge in [-0.15, -0.1) is 0 Å². The Hall–Kier alpha value is -9.50. The van der Waals surface area contributed by atoms with Gasteiger partial charge in [0.1, 0.15) is 0 Å². The third kappa shape index (κ3) is 5.52. The molecule has 1 aromatic heterocycles. The molecular weight excluding hydrogens is 881 g/mol. The molecule has 2 nitrogen and oxygen atoms in total. The van der Waals surface area contributed by atoms with Crippen molar-refractivity contribution in [3.05, 3.63) is 289 Å². The average molecular weight is 925 g/mol. The van der Waals surface area contributed by atoms with E-state index in [0.29, 0.717) is 0 Å². The quantitative estimate of drug-likeness (QED) is 0.156. The highest BCUT2D eigenvalue weighted by molar-refractivity contribution is 6.26. The number of rotatable bonds is 5. The maximum atomic E-state index is 2.57. The first-order valence-electron chi connectivity index (χ1n) is 25.4. The second kappa shape index (κ2) is 15.3. The highest BCUT2D eigenvalue weighted by atomic mass is 15.1. The van der Waals surface area contributed by atoms with Crippen molar-refractivity contribution in [2.24, 2.45) is 0 Å². The Bertz CT molecular complexity index is 4540. The number of hydrogen-bond acceptors (Lipinski definition) is 1. The van der Waals surface area contributed by atoms with Gasteiger partial charge >= 0.3 is 0 Å². The van der Waals surface area contributed by atoms with Gasteiger partial charge in [0.15, 0.2) is 0 Å². The zero-order valence-electron chi connectivity index (χ0n) is 39.8. The molecule has 2 aliphatic rings. The molecule has 338 valence electrons. The second-order valence-electron chi connectivity index (χ2n) is 19.9. The second-order valence-corrected chi connectivity index (χ2v) is 19.9. The van der Waals surface area contributed by atoms with Crippen molar-refractivity contribution >= 4 is 82.0 Å². The third-order valence-corrected chi connectivity index (χ3v) is 16.3. The lowest BCUT2D eigenvalue weighted by Crippen LogP contribution is -2.26. The zero-order valence-corrected chi connectivity index (χ0v) is 39.8. The summed E-state index contributed by atoms with van der Waals surface area (Å²) < 4.78 is 2.45. The molecule has 73 heavy (non-hydrogen) atoms. The van der Waals surface area contributed by atoms with Crippen LogP contribution in [0.1, 0.15) is 22.3 Å². The van der Waals surface area contributed by atoms with E-state index in [2.05, 4.69) is 276 Å². The summed E-state index contributed by atoms with van der Waals surface area (Å²) in [6, 6.07) is 100.0. The van der Waals surface area contributed by atoms with Crippen LogP contribution in [0, 0.1) is 0 Å². The highest BCUT2D eigenvalue weighted by Gasteiger charge is 2.52. The number of fused-ring (bicyclic) bond motifs is 21. The van der Waals surface area contributed by atoms with E-state index in [1.807, 2.05) is 0 Å². The Labute approximate surface area is 422 Å². The monoisotopic (exact) mass is 924 g/mol. The predicted molar refractivity (Wildman–Crippen MR) is 307 cm³/mol. The van der Waals surface area contributed by atoms with Crippen LogP contribution in [-0.4, -0.2) is 4.57 Å². The van der Waals surface area contributed by atoms with Crippen LogP contribution in [0.2, 0.25) is 0 Å². The molecule has 0 radical (unpaired) electrons. The zero-order chi connectivity index (χ0) is 47.8. The molecule has 0 amide bonds. The highest BCUT2D eigenvalue weighted by Crippen LogP contribution is 2.64. The molecule has 0 N–H and O–H groups in total. The first kappa shape index (κ1) is 40.3. The van der Waals surface area contributed by atoms with Gasteiger partial charge in [-0.1, -0.05) is 206 Å². The fourth-order valence-electron chi connectivity index (χ4n) is 13.4. The fraction of sp³-hybridized carbons (Fsp3) is 0.0141.